The van der Waals surface area contributed by atoms with Crippen molar-refractivity contribution in [2.24, 2.45) is 0 Å². The van der Waals surface area contributed by atoms with E-state index in [1.165, 1.54) is 16.9 Å². The molecule has 4 rings (SSSR count). The van der Waals surface area contributed by atoms with Crippen molar-refractivity contribution in [1.82, 2.24) is 19.7 Å². The summed E-state index contributed by atoms with van der Waals surface area (Å²) in [5, 5.41) is 20.4. The number of aromatic hydroxyl groups is 1. The molecule has 0 bridgehead atoms. The minimum Gasteiger partial charge on any atom is -0.503 e. The van der Waals surface area contributed by atoms with Gasteiger partial charge in [-0.2, -0.15) is 0 Å². The van der Waals surface area contributed by atoms with E-state index in [2.05, 4.69) is 10.2 Å². The second kappa shape index (κ2) is 9.22. The predicted molar refractivity (Wildman–Crippen MR) is 122 cm³/mol. The Morgan fingerprint density at radius 3 is 2.66 bits per heavy atom. The number of aromatic nitrogens is 3. The van der Waals surface area contributed by atoms with Crippen LogP contribution in [0.1, 0.15) is 46.0 Å². The number of pyridine rings is 1. The summed E-state index contributed by atoms with van der Waals surface area (Å²) in [6, 6.07) is 8.06. The van der Waals surface area contributed by atoms with Gasteiger partial charge in [0.1, 0.15) is 5.01 Å². The minimum absolute atomic E-state index is 0.0253. The van der Waals surface area contributed by atoms with Gasteiger partial charge in [0.15, 0.2) is 16.5 Å². The lowest BCUT2D eigenvalue weighted by molar-refractivity contribution is 0.0645. The van der Waals surface area contributed by atoms with Crippen LogP contribution in [0.3, 0.4) is 0 Å². The molecule has 1 aromatic carbocycles. The summed E-state index contributed by atoms with van der Waals surface area (Å²) >= 11 is 1.32. The Bertz CT molecular complexity index is 1190. The van der Waals surface area contributed by atoms with Crippen LogP contribution >= 0.6 is 11.3 Å². The average molecular weight is 455 g/mol. The van der Waals surface area contributed by atoms with Crippen LogP contribution in [0.25, 0.3) is 10.6 Å². The Hall–Kier alpha value is -3.04. The van der Waals surface area contributed by atoms with E-state index in [9.17, 15) is 14.7 Å². The number of hydrogen-bond acceptors (Lipinski definition) is 7. The van der Waals surface area contributed by atoms with Gasteiger partial charge in [-0.3, -0.25) is 9.59 Å². The Labute approximate surface area is 190 Å². The topological polar surface area (TPSA) is 97.6 Å². The molecule has 1 amide bonds. The molecule has 1 aliphatic rings. The van der Waals surface area contributed by atoms with Crippen molar-refractivity contribution in [3.8, 4) is 16.3 Å². The molecule has 0 unspecified atom stereocenters. The first-order chi connectivity index (χ1) is 15.4. The molecule has 1 atom stereocenters. The third-order valence-electron chi connectivity index (χ3n) is 5.73. The van der Waals surface area contributed by atoms with E-state index in [-0.39, 0.29) is 23.2 Å². The van der Waals surface area contributed by atoms with Crippen LogP contribution in [0, 0.1) is 6.92 Å². The quantitative estimate of drug-likeness (QED) is 0.589. The molecule has 9 heteroatoms. The fourth-order valence-electron chi connectivity index (χ4n) is 3.92. The van der Waals surface area contributed by atoms with Gasteiger partial charge in [0.25, 0.3) is 5.91 Å². The number of fused-ring (bicyclic) bond motifs is 1. The summed E-state index contributed by atoms with van der Waals surface area (Å²) in [6.45, 7) is 5.39. The molecular weight excluding hydrogens is 428 g/mol. The van der Waals surface area contributed by atoms with Crippen LogP contribution in [-0.4, -0.2) is 57.5 Å². The number of benzene rings is 1. The fraction of sp³-hybridized carbons (Fsp3) is 0.391. The first kappa shape index (κ1) is 22.2. The van der Waals surface area contributed by atoms with Crippen molar-refractivity contribution < 1.29 is 14.6 Å². The van der Waals surface area contributed by atoms with Crippen LogP contribution in [0.2, 0.25) is 0 Å². The highest BCUT2D eigenvalue weighted by Crippen LogP contribution is 2.32. The van der Waals surface area contributed by atoms with Gasteiger partial charge in [0.2, 0.25) is 5.43 Å². The zero-order valence-electron chi connectivity index (χ0n) is 18.4. The van der Waals surface area contributed by atoms with E-state index < -0.39 is 11.2 Å². The monoisotopic (exact) mass is 454 g/mol. The second-order valence-electron chi connectivity index (χ2n) is 7.92. The zero-order valence-corrected chi connectivity index (χ0v) is 19.2. The van der Waals surface area contributed by atoms with Crippen molar-refractivity contribution in [3.63, 3.8) is 0 Å². The lowest BCUT2D eigenvalue weighted by Crippen LogP contribution is -2.44. The summed E-state index contributed by atoms with van der Waals surface area (Å²) in [6.07, 6.45) is 2.89. The first-order valence-electron chi connectivity index (χ1n) is 10.6. The number of aryl methyl sites for hydroxylation is 1. The van der Waals surface area contributed by atoms with Gasteiger partial charge in [-0.05, 0) is 25.8 Å². The smallest absolute Gasteiger partial charge is 0.274 e. The predicted octanol–water partition coefficient (Wildman–Crippen LogP) is 3.02. The molecule has 3 aromatic rings. The number of carbonyl (C=O) groups is 1. The van der Waals surface area contributed by atoms with Crippen molar-refractivity contribution in [2.75, 3.05) is 26.8 Å². The number of amides is 1. The van der Waals surface area contributed by atoms with Crippen LogP contribution in [0.15, 0.2) is 35.3 Å². The molecule has 0 spiro atoms. The van der Waals surface area contributed by atoms with Gasteiger partial charge in [0.05, 0.1) is 11.6 Å². The molecule has 0 radical (unpaired) electrons. The molecular formula is C23H26N4O4S. The number of carbonyl (C=O) groups excluding carboxylic acids is 1. The van der Waals surface area contributed by atoms with Gasteiger partial charge in [-0.25, -0.2) is 0 Å². The van der Waals surface area contributed by atoms with Crippen molar-refractivity contribution >= 4 is 17.2 Å². The Morgan fingerprint density at radius 1 is 1.22 bits per heavy atom. The summed E-state index contributed by atoms with van der Waals surface area (Å²) < 4.78 is 6.94. The summed E-state index contributed by atoms with van der Waals surface area (Å²) in [7, 11) is 1.62. The fourth-order valence-corrected chi connectivity index (χ4v) is 4.80. The standard InChI is InChI=1S/C23H26N4O4S/c1-4-26-12-16(9-10-31-3)27-13-17(20(28)21(29)19(27)23(26)30)22-25-24-18(32-22)11-15-7-5-14(2)6-8-15/h5-8,13,16,29H,4,9-12H2,1-3H3/t16-/m0/s1. The molecule has 1 N–H and O–H groups in total. The molecule has 2 aromatic heterocycles. The molecule has 8 nitrogen and oxygen atoms in total. The molecule has 0 fully saturated rings. The van der Waals surface area contributed by atoms with Crippen LogP contribution in [-0.2, 0) is 11.2 Å². The van der Waals surface area contributed by atoms with Gasteiger partial charge >= 0.3 is 0 Å². The maximum Gasteiger partial charge on any atom is 0.274 e. The van der Waals surface area contributed by atoms with Crippen LogP contribution < -0.4 is 5.43 Å². The number of likely N-dealkylation sites (N-methyl/N-ethyl adjacent to an activating group) is 1. The molecule has 32 heavy (non-hydrogen) atoms. The van der Waals surface area contributed by atoms with Crippen molar-refractivity contribution in [1.29, 1.82) is 0 Å². The van der Waals surface area contributed by atoms with E-state index in [0.717, 1.165) is 10.6 Å². The van der Waals surface area contributed by atoms with Crippen LogP contribution in [0.5, 0.6) is 5.75 Å². The van der Waals surface area contributed by atoms with E-state index in [1.807, 2.05) is 38.1 Å². The van der Waals surface area contributed by atoms with Gasteiger partial charge in [0, 0.05) is 39.4 Å². The maximum atomic E-state index is 13.0. The first-order valence-corrected chi connectivity index (χ1v) is 11.4. The Kier molecular flexibility index (Phi) is 6.38. The lowest BCUT2D eigenvalue weighted by Gasteiger charge is -2.36. The van der Waals surface area contributed by atoms with E-state index in [4.69, 9.17) is 4.74 Å². The Balaban J connectivity index is 1.72. The third-order valence-corrected chi connectivity index (χ3v) is 6.69. The lowest BCUT2D eigenvalue weighted by atomic mass is 10.1. The summed E-state index contributed by atoms with van der Waals surface area (Å²) in [4.78, 5) is 27.5. The highest BCUT2D eigenvalue weighted by atomic mass is 32.1. The van der Waals surface area contributed by atoms with E-state index in [1.54, 1.807) is 22.8 Å². The minimum atomic E-state index is -0.605. The number of nitrogens with zero attached hydrogens (tertiary/aromatic N) is 4. The molecule has 168 valence electrons. The van der Waals surface area contributed by atoms with Gasteiger partial charge < -0.3 is 19.3 Å². The molecule has 3 heterocycles. The SMILES string of the molecule is CCN1C[C@H](CCOC)n2cc(-c3nnc(Cc4ccc(C)cc4)s3)c(=O)c(O)c2C1=O. The van der Waals surface area contributed by atoms with Crippen molar-refractivity contribution in [2.45, 2.75) is 32.7 Å². The van der Waals surface area contributed by atoms with Crippen LogP contribution in [0.4, 0.5) is 0 Å². The summed E-state index contributed by atoms with van der Waals surface area (Å²) in [5.74, 6) is -0.886. The van der Waals surface area contributed by atoms with E-state index in [0.29, 0.717) is 37.5 Å². The average Bonchev–Trinajstić information content (AvgIpc) is 3.25. The highest BCUT2D eigenvalue weighted by molar-refractivity contribution is 7.14. The maximum absolute atomic E-state index is 13.0. The number of hydrogen-bond donors (Lipinski definition) is 1. The Morgan fingerprint density at radius 2 is 1.97 bits per heavy atom. The summed E-state index contributed by atoms with van der Waals surface area (Å²) in [5.41, 5.74) is 1.96. The number of rotatable bonds is 7. The molecule has 1 aliphatic heterocycles. The highest BCUT2D eigenvalue weighted by Gasteiger charge is 2.34. The molecule has 0 saturated heterocycles. The third kappa shape index (κ3) is 4.18. The van der Waals surface area contributed by atoms with Gasteiger partial charge in [-0.15, -0.1) is 10.2 Å². The number of ether oxygens (including phenoxy) is 1. The van der Waals surface area contributed by atoms with E-state index >= 15 is 0 Å². The van der Waals surface area contributed by atoms with Gasteiger partial charge in [-0.1, -0.05) is 41.2 Å². The van der Waals surface area contributed by atoms with Crippen molar-refractivity contribution in [3.05, 3.63) is 62.5 Å². The molecule has 0 aliphatic carbocycles. The zero-order chi connectivity index (χ0) is 22.8. The normalized spacial score (nSPS) is 15.8. The molecule has 0 saturated carbocycles. The second-order valence-corrected chi connectivity index (χ2v) is 8.98. The number of methoxy groups -OCH3 is 1. The largest absolute Gasteiger partial charge is 0.503 e.